The molecule has 0 aliphatic carbocycles. The molecule has 1 aliphatic heterocycles. The average molecular weight is 214 g/mol. The smallest absolute Gasteiger partial charge is 0.418 e. The van der Waals surface area contributed by atoms with E-state index < -0.39 is 6.09 Å². The van der Waals surface area contributed by atoms with Gasteiger partial charge in [0, 0.05) is 19.5 Å². The van der Waals surface area contributed by atoms with E-state index >= 15 is 0 Å². The minimum absolute atomic E-state index is 0.142. The number of hydrogen-bond donors (Lipinski definition) is 0. The Bertz CT molecular complexity index is 281. The van der Waals surface area contributed by atoms with E-state index in [1.807, 2.05) is 20.8 Å². The molecule has 0 saturated carbocycles. The van der Waals surface area contributed by atoms with Gasteiger partial charge in [-0.15, -0.1) is 0 Å². The van der Waals surface area contributed by atoms with Gasteiger partial charge in [0.1, 0.15) is 6.10 Å². The summed E-state index contributed by atoms with van der Waals surface area (Å²) in [4.78, 5) is 25.5. The van der Waals surface area contributed by atoms with Crippen molar-refractivity contribution in [2.24, 2.45) is 5.41 Å². The molecule has 1 unspecified atom stereocenters. The molecule has 86 valence electrons. The molecule has 0 aromatic rings. The number of amides is 3. The highest BCUT2D eigenvalue weighted by Crippen LogP contribution is 2.28. The van der Waals surface area contributed by atoms with Gasteiger partial charge in [-0.3, -0.25) is 0 Å². The number of cyclic esters (lactones) is 1. The Kier molecular flexibility index (Phi) is 2.93. The lowest BCUT2D eigenvalue weighted by Gasteiger charge is -2.24. The number of imide groups is 1. The standard InChI is InChI=1S/C10H18N2O3/c1-10(2,3)7-6-12(9(14)15-7)8(13)11(4)5/h7H,6H2,1-5H3. The van der Waals surface area contributed by atoms with Crippen LogP contribution >= 0.6 is 0 Å². The molecule has 1 atom stereocenters. The summed E-state index contributed by atoms with van der Waals surface area (Å²) in [6.07, 6.45) is -0.775. The SMILES string of the molecule is CN(C)C(=O)N1CC(C(C)(C)C)OC1=O. The van der Waals surface area contributed by atoms with Crippen molar-refractivity contribution >= 4 is 12.1 Å². The predicted octanol–water partition coefficient (Wildman–Crippen LogP) is 1.53. The van der Waals surface area contributed by atoms with Crippen LogP contribution in [0.3, 0.4) is 0 Å². The van der Waals surface area contributed by atoms with Crippen molar-refractivity contribution in [3.8, 4) is 0 Å². The highest BCUT2D eigenvalue weighted by Gasteiger charge is 2.42. The van der Waals surface area contributed by atoms with E-state index in [4.69, 9.17) is 4.74 Å². The maximum Gasteiger partial charge on any atom is 0.418 e. The second kappa shape index (κ2) is 3.72. The fourth-order valence-electron chi connectivity index (χ4n) is 1.31. The van der Waals surface area contributed by atoms with Crippen molar-refractivity contribution in [2.45, 2.75) is 26.9 Å². The summed E-state index contributed by atoms with van der Waals surface area (Å²) in [6, 6.07) is -0.327. The first kappa shape index (κ1) is 11.8. The van der Waals surface area contributed by atoms with Crippen LogP contribution in [0, 0.1) is 5.41 Å². The zero-order valence-electron chi connectivity index (χ0n) is 9.90. The quantitative estimate of drug-likeness (QED) is 0.614. The number of hydrogen-bond acceptors (Lipinski definition) is 3. The van der Waals surface area contributed by atoms with E-state index in [1.165, 1.54) is 4.90 Å². The van der Waals surface area contributed by atoms with Gasteiger partial charge >= 0.3 is 12.1 Å². The molecule has 0 aromatic carbocycles. The van der Waals surface area contributed by atoms with Crippen LogP contribution in [-0.2, 0) is 4.74 Å². The summed E-state index contributed by atoms with van der Waals surface area (Å²) >= 11 is 0. The van der Waals surface area contributed by atoms with Gasteiger partial charge in [0.25, 0.3) is 0 Å². The highest BCUT2D eigenvalue weighted by molar-refractivity contribution is 5.92. The zero-order valence-corrected chi connectivity index (χ0v) is 9.90. The third-order valence-corrected chi connectivity index (χ3v) is 2.39. The Morgan fingerprint density at radius 1 is 1.47 bits per heavy atom. The number of nitrogens with zero attached hydrogens (tertiary/aromatic N) is 2. The third kappa shape index (κ3) is 2.40. The lowest BCUT2D eigenvalue weighted by Crippen LogP contribution is -2.41. The molecule has 5 heteroatoms. The number of carbonyl (C=O) groups is 2. The Morgan fingerprint density at radius 3 is 2.33 bits per heavy atom. The number of rotatable bonds is 0. The van der Waals surface area contributed by atoms with Gasteiger partial charge in [0.05, 0.1) is 6.54 Å². The molecule has 1 saturated heterocycles. The molecular weight excluding hydrogens is 196 g/mol. The summed E-state index contributed by atoms with van der Waals surface area (Å²) in [6.45, 7) is 6.27. The molecule has 0 bridgehead atoms. The molecule has 0 N–H and O–H groups in total. The Labute approximate surface area is 90.0 Å². The first-order chi connectivity index (χ1) is 6.73. The normalized spacial score (nSPS) is 21.5. The minimum Gasteiger partial charge on any atom is -0.443 e. The molecular formula is C10H18N2O3. The van der Waals surface area contributed by atoms with E-state index in [0.717, 1.165) is 4.90 Å². The van der Waals surface area contributed by atoms with E-state index in [1.54, 1.807) is 14.1 Å². The van der Waals surface area contributed by atoms with Crippen LogP contribution in [0.4, 0.5) is 9.59 Å². The van der Waals surface area contributed by atoms with Crippen LogP contribution in [0.1, 0.15) is 20.8 Å². The molecule has 3 amide bonds. The Balaban J connectivity index is 2.73. The van der Waals surface area contributed by atoms with Crippen molar-refractivity contribution in [2.75, 3.05) is 20.6 Å². The van der Waals surface area contributed by atoms with E-state index in [-0.39, 0.29) is 17.6 Å². The van der Waals surface area contributed by atoms with E-state index in [2.05, 4.69) is 0 Å². The lowest BCUT2D eigenvalue weighted by atomic mass is 9.89. The van der Waals surface area contributed by atoms with Crippen molar-refractivity contribution in [1.29, 1.82) is 0 Å². The van der Waals surface area contributed by atoms with Gasteiger partial charge in [-0.25, -0.2) is 14.5 Å². The molecule has 1 rings (SSSR count). The average Bonchev–Trinajstić information content (AvgIpc) is 2.45. The second-order valence-corrected chi connectivity index (χ2v) is 5.03. The van der Waals surface area contributed by atoms with Gasteiger partial charge in [-0.05, 0) is 0 Å². The highest BCUT2D eigenvalue weighted by atomic mass is 16.6. The van der Waals surface area contributed by atoms with Gasteiger partial charge in [-0.2, -0.15) is 0 Å². The van der Waals surface area contributed by atoms with E-state index in [9.17, 15) is 9.59 Å². The minimum atomic E-state index is -0.548. The van der Waals surface area contributed by atoms with Crippen LogP contribution in [0.2, 0.25) is 0 Å². The first-order valence-corrected chi connectivity index (χ1v) is 4.93. The van der Waals surface area contributed by atoms with Gasteiger partial charge < -0.3 is 9.64 Å². The predicted molar refractivity (Wildman–Crippen MR) is 55.5 cm³/mol. The van der Waals surface area contributed by atoms with Crippen LogP contribution in [0.25, 0.3) is 0 Å². The van der Waals surface area contributed by atoms with Crippen LogP contribution in [-0.4, -0.2) is 48.7 Å². The van der Waals surface area contributed by atoms with Gasteiger partial charge in [-0.1, -0.05) is 20.8 Å². The monoisotopic (exact) mass is 214 g/mol. The van der Waals surface area contributed by atoms with Crippen LogP contribution in [0.5, 0.6) is 0 Å². The summed E-state index contributed by atoms with van der Waals surface area (Å²) in [7, 11) is 3.22. The van der Waals surface area contributed by atoms with Crippen LogP contribution in [0.15, 0.2) is 0 Å². The molecule has 0 spiro atoms. The van der Waals surface area contributed by atoms with E-state index in [0.29, 0.717) is 6.54 Å². The van der Waals surface area contributed by atoms with Crippen molar-refractivity contribution in [1.82, 2.24) is 9.80 Å². The summed E-state index contributed by atoms with van der Waals surface area (Å²) in [5, 5.41) is 0. The molecule has 1 fully saturated rings. The fraction of sp³-hybridized carbons (Fsp3) is 0.800. The van der Waals surface area contributed by atoms with Crippen molar-refractivity contribution < 1.29 is 14.3 Å². The largest absolute Gasteiger partial charge is 0.443 e. The Hall–Kier alpha value is -1.26. The molecule has 5 nitrogen and oxygen atoms in total. The van der Waals surface area contributed by atoms with Gasteiger partial charge in [0.2, 0.25) is 0 Å². The zero-order chi connectivity index (χ0) is 11.8. The van der Waals surface area contributed by atoms with Crippen molar-refractivity contribution in [3.63, 3.8) is 0 Å². The molecule has 1 heterocycles. The topological polar surface area (TPSA) is 49.9 Å². The van der Waals surface area contributed by atoms with Crippen molar-refractivity contribution in [3.05, 3.63) is 0 Å². The molecule has 15 heavy (non-hydrogen) atoms. The summed E-state index contributed by atoms with van der Waals surface area (Å²) in [5.74, 6) is 0. The first-order valence-electron chi connectivity index (χ1n) is 4.93. The lowest BCUT2D eigenvalue weighted by molar-refractivity contribution is 0.0724. The number of ether oxygens (including phenoxy) is 1. The van der Waals surface area contributed by atoms with Gasteiger partial charge in [0.15, 0.2) is 0 Å². The number of carbonyl (C=O) groups excluding carboxylic acids is 2. The molecule has 1 aliphatic rings. The third-order valence-electron chi connectivity index (χ3n) is 2.39. The number of urea groups is 1. The maximum atomic E-state index is 11.6. The fourth-order valence-corrected chi connectivity index (χ4v) is 1.31. The molecule has 0 radical (unpaired) electrons. The molecule has 0 aromatic heterocycles. The summed E-state index contributed by atoms with van der Waals surface area (Å²) in [5.41, 5.74) is -0.142. The Morgan fingerprint density at radius 2 is 2.00 bits per heavy atom. The second-order valence-electron chi connectivity index (χ2n) is 5.03. The van der Waals surface area contributed by atoms with Crippen LogP contribution < -0.4 is 0 Å². The maximum absolute atomic E-state index is 11.6. The summed E-state index contributed by atoms with van der Waals surface area (Å²) < 4.78 is 5.15.